The number of carbonyl (C=O) groups excluding carboxylic acids is 1. The number of nitrogens with zero attached hydrogens (tertiary/aromatic N) is 5. The molecule has 2 atom stereocenters. The summed E-state index contributed by atoms with van der Waals surface area (Å²) in [6.07, 6.45) is 2.21. The SMILES string of the molecule is CNCC1CCCN(C(=O)C(C(C)C)n2nnc(-c3ccccc3)n2)C1. The smallest absolute Gasteiger partial charge is 0.249 e. The molecule has 0 spiro atoms. The quantitative estimate of drug-likeness (QED) is 0.857. The average Bonchev–Trinajstić information content (AvgIpc) is 3.12. The van der Waals surface area contributed by atoms with E-state index in [4.69, 9.17) is 0 Å². The predicted molar refractivity (Wildman–Crippen MR) is 100 cm³/mol. The van der Waals surface area contributed by atoms with Crippen LogP contribution in [0.25, 0.3) is 11.4 Å². The Balaban J connectivity index is 1.79. The van der Waals surface area contributed by atoms with Crippen LogP contribution in [0.5, 0.6) is 0 Å². The number of hydrogen-bond acceptors (Lipinski definition) is 5. The van der Waals surface area contributed by atoms with Crippen molar-refractivity contribution in [3.63, 3.8) is 0 Å². The van der Waals surface area contributed by atoms with Crippen LogP contribution in [-0.4, -0.2) is 57.7 Å². The molecular formula is C19H28N6O. The van der Waals surface area contributed by atoms with E-state index in [9.17, 15) is 4.79 Å². The summed E-state index contributed by atoms with van der Waals surface area (Å²) in [5.41, 5.74) is 0.903. The van der Waals surface area contributed by atoms with Crippen LogP contribution < -0.4 is 5.32 Å². The Bertz CT molecular complexity index is 712. The molecule has 1 amide bonds. The molecule has 1 aromatic carbocycles. The van der Waals surface area contributed by atoms with E-state index in [1.807, 2.05) is 56.1 Å². The van der Waals surface area contributed by atoms with Crippen LogP contribution >= 0.6 is 0 Å². The molecule has 7 nitrogen and oxygen atoms in total. The lowest BCUT2D eigenvalue weighted by atomic mass is 9.96. The summed E-state index contributed by atoms with van der Waals surface area (Å²) >= 11 is 0. The van der Waals surface area contributed by atoms with Crippen LogP contribution in [0.4, 0.5) is 0 Å². The third-order valence-corrected chi connectivity index (χ3v) is 4.92. The van der Waals surface area contributed by atoms with Crippen molar-refractivity contribution in [1.29, 1.82) is 0 Å². The minimum absolute atomic E-state index is 0.0880. The monoisotopic (exact) mass is 356 g/mol. The number of amides is 1. The minimum Gasteiger partial charge on any atom is -0.340 e. The fourth-order valence-corrected chi connectivity index (χ4v) is 3.60. The Kier molecular flexibility index (Phi) is 5.98. The number of benzene rings is 1. The number of hydrogen-bond donors (Lipinski definition) is 1. The Labute approximate surface area is 154 Å². The van der Waals surface area contributed by atoms with E-state index in [-0.39, 0.29) is 11.8 Å². The first kappa shape index (κ1) is 18.5. The topological polar surface area (TPSA) is 75.9 Å². The summed E-state index contributed by atoms with van der Waals surface area (Å²) in [4.78, 5) is 16.7. The minimum atomic E-state index is -0.423. The maximum Gasteiger partial charge on any atom is 0.249 e. The molecule has 1 fully saturated rings. The maximum atomic E-state index is 13.2. The number of piperidine rings is 1. The first-order chi connectivity index (χ1) is 12.6. The molecule has 2 aromatic rings. The average molecular weight is 356 g/mol. The second kappa shape index (κ2) is 8.40. The highest BCUT2D eigenvalue weighted by molar-refractivity contribution is 5.80. The van der Waals surface area contributed by atoms with Gasteiger partial charge < -0.3 is 10.2 Å². The molecule has 1 saturated heterocycles. The summed E-state index contributed by atoms with van der Waals surface area (Å²) in [5, 5.41) is 16.1. The van der Waals surface area contributed by atoms with Gasteiger partial charge in [-0.25, -0.2) is 0 Å². The van der Waals surface area contributed by atoms with Crippen molar-refractivity contribution in [3.05, 3.63) is 30.3 Å². The Morgan fingerprint density at radius 2 is 2.08 bits per heavy atom. The molecule has 2 heterocycles. The number of nitrogens with one attached hydrogen (secondary N) is 1. The lowest BCUT2D eigenvalue weighted by Gasteiger charge is -2.35. The van der Waals surface area contributed by atoms with E-state index in [1.165, 1.54) is 4.80 Å². The predicted octanol–water partition coefficient (Wildman–Crippen LogP) is 2.00. The summed E-state index contributed by atoms with van der Waals surface area (Å²) < 4.78 is 0. The molecule has 1 aromatic heterocycles. The van der Waals surface area contributed by atoms with Crippen LogP contribution in [-0.2, 0) is 4.79 Å². The van der Waals surface area contributed by atoms with Crippen LogP contribution in [0, 0.1) is 11.8 Å². The number of rotatable bonds is 6. The normalized spacial score (nSPS) is 18.9. The van der Waals surface area contributed by atoms with Crippen molar-refractivity contribution in [2.45, 2.75) is 32.7 Å². The van der Waals surface area contributed by atoms with Gasteiger partial charge in [0, 0.05) is 18.7 Å². The Morgan fingerprint density at radius 1 is 1.31 bits per heavy atom. The molecule has 1 aliphatic heterocycles. The summed E-state index contributed by atoms with van der Waals surface area (Å²) in [7, 11) is 1.96. The number of aromatic nitrogens is 4. The van der Waals surface area contributed by atoms with Gasteiger partial charge in [0.25, 0.3) is 0 Å². The number of likely N-dealkylation sites (tertiary alicyclic amines) is 1. The highest BCUT2D eigenvalue weighted by Crippen LogP contribution is 2.24. The van der Waals surface area contributed by atoms with Gasteiger partial charge in [-0.1, -0.05) is 44.2 Å². The third-order valence-electron chi connectivity index (χ3n) is 4.92. The second-order valence-corrected chi connectivity index (χ2v) is 7.34. The van der Waals surface area contributed by atoms with E-state index in [2.05, 4.69) is 20.7 Å². The fraction of sp³-hybridized carbons (Fsp3) is 0.579. The van der Waals surface area contributed by atoms with Gasteiger partial charge in [-0.05, 0) is 43.5 Å². The standard InChI is InChI=1S/C19H28N6O/c1-14(2)17(19(26)24-11-7-8-15(13-24)12-20-3)25-22-18(21-23-25)16-9-5-4-6-10-16/h4-6,9-10,14-15,17,20H,7-8,11-13H2,1-3H3. The van der Waals surface area contributed by atoms with Gasteiger partial charge >= 0.3 is 0 Å². The second-order valence-electron chi connectivity index (χ2n) is 7.34. The number of tetrazole rings is 1. The summed E-state index contributed by atoms with van der Waals surface area (Å²) in [6, 6.07) is 9.30. The van der Waals surface area contributed by atoms with Gasteiger partial charge in [-0.2, -0.15) is 4.80 Å². The fourth-order valence-electron chi connectivity index (χ4n) is 3.60. The van der Waals surface area contributed by atoms with Crippen molar-refractivity contribution in [2.75, 3.05) is 26.7 Å². The van der Waals surface area contributed by atoms with Crippen LogP contribution in [0.3, 0.4) is 0 Å². The van der Waals surface area contributed by atoms with Crippen molar-refractivity contribution >= 4 is 5.91 Å². The van der Waals surface area contributed by atoms with E-state index in [1.54, 1.807) is 0 Å². The molecule has 2 unspecified atom stereocenters. The lowest BCUT2D eigenvalue weighted by molar-refractivity contribution is -0.138. The highest BCUT2D eigenvalue weighted by Gasteiger charge is 2.33. The first-order valence-electron chi connectivity index (χ1n) is 9.38. The summed E-state index contributed by atoms with van der Waals surface area (Å²) in [6.45, 7) is 6.60. The highest BCUT2D eigenvalue weighted by atomic mass is 16.2. The maximum absolute atomic E-state index is 13.2. The molecule has 26 heavy (non-hydrogen) atoms. The zero-order valence-electron chi connectivity index (χ0n) is 15.8. The van der Waals surface area contributed by atoms with Crippen molar-refractivity contribution in [2.24, 2.45) is 11.8 Å². The molecule has 1 N–H and O–H groups in total. The number of carbonyl (C=O) groups is 1. The van der Waals surface area contributed by atoms with Crippen LogP contribution in [0.2, 0.25) is 0 Å². The van der Waals surface area contributed by atoms with Gasteiger partial charge in [0.05, 0.1) is 0 Å². The van der Waals surface area contributed by atoms with E-state index >= 15 is 0 Å². The van der Waals surface area contributed by atoms with Crippen LogP contribution in [0.15, 0.2) is 30.3 Å². The molecule has 3 rings (SSSR count). The Hall–Kier alpha value is -2.28. The summed E-state index contributed by atoms with van der Waals surface area (Å²) in [5.74, 6) is 1.24. The van der Waals surface area contributed by atoms with E-state index in [0.717, 1.165) is 38.0 Å². The molecule has 0 saturated carbocycles. The van der Waals surface area contributed by atoms with E-state index < -0.39 is 6.04 Å². The molecule has 140 valence electrons. The Morgan fingerprint density at radius 3 is 2.77 bits per heavy atom. The van der Waals surface area contributed by atoms with E-state index in [0.29, 0.717) is 11.7 Å². The first-order valence-corrected chi connectivity index (χ1v) is 9.38. The molecule has 0 bridgehead atoms. The van der Waals surface area contributed by atoms with Gasteiger partial charge in [-0.15, -0.1) is 10.2 Å². The van der Waals surface area contributed by atoms with Crippen molar-refractivity contribution in [3.8, 4) is 11.4 Å². The van der Waals surface area contributed by atoms with Gasteiger partial charge in [0.2, 0.25) is 11.7 Å². The molecule has 7 heteroatoms. The van der Waals surface area contributed by atoms with Gasteiger partial charge in [0.1, 0.15) is 0 Å². The van der Waals surface area contributed by atoms with Crippen LogP contribution in [0.1, 0.15) is 32.7 Å². The molecule has 1 aliphatic rings. The van der Waals surface area contributed by atoms with Gasteiger partial charge in [0.15, 0.2) is 6.04 Å². The third kappa shape index (κ3) is 4.09. The van der Waals surface area contributed by atoms with Crippen molar-refractivity contribution in [1.82, 2.24) is 30.4 Å². The molecule has 0 radical (unpaired) electrons. The molecule has 0 aliphatic carbocycles. The molecular weight excluding hydrogens is 328 g/mol. The zero-order chi connectivity index (χ0) is 18.5. The lowest BCUT2D eigenvalue weighted by Crippen LogP contribution is -2.46. The zero-order valence-corrected chi connectivity index (χ0v) is 15.8. The van der Waals surface area contributed by atoms with Crippen molar-refractivity contribution < 1.29 is 4.79 Å². The largest absolute Gasteiger partial charge is 0.340 e. The van der Waals surface area contributed by atoms with Gasteiger partial charge in [-0.3, -0.25) is 4.79 Å².